The average Bonchev–Trinajstić information content (AvgIpc) is 2.99. The molecule has 1 unspecified atom stereocenters. The molecule has 0 saturated carbocycles. The van der Waals surface area contributed by atoms with Crippen molar-refractivity contribution in [3.63, 3.8) is 0 Å². The van der Waals surface area contributed by atoms with Crippen molar-refractivity contribution in [3.05, 3.63) is 58.3 Å². The van der Waals surface area contributed by atoms with Crippen LogP contribution in [0.1, 0.15) is 18.0 Å². The van der Waals surface area contributed by atoms with Crippen molar-refractivity contribution < 1.29 is 9.66 Å². The third-order valence-electron chi connectivity index (χ3n) is 3.81. The Kier molecular flexibility index (Phi) is 3.07. The summed E-state index contributed by atoms with van der Waals surface area (Å²) in [6.07, 6.45) is 2.00. The van der Waals surface area contributed by atoms with E-state index >= 15 is 0 Å². The Morgan fingerprint density at radius 1 is 1.30 bits per heavy atom. The van der Waals surface area contributed by atoms with Crippen LogP contribution in [0.4, 0.5) is 11.6 Å². The Morgan fingerprint density at radius 3 is 3.04 bits per heavy atom. The van der Waals surface area contributed by atoms with Gasteiger partial charge in [-0.25, -0.2) is 4.98 Å². The van der Waals surface area contributed by atoms with Crippen molar-refractivity contribution in [1.82, 2.24) is 14.6 Å². The predicted octanol–water partition coefficient (Wildman–Crippen LogP) is 2.57. The number of ether oxygens (including phenoxy) is 1. The molecule has 0 fully saturated rings. The maximum atomic E-state index is 11.0. The van der Waals surface area contributed by atoms with E-state index in [0.29, 0.717) is 18.1 Å². The van der Waals surface area contributed by atoms with Gasteiger partial charge in [-0.15, -0.1) is 0 Å². The van der Waals surface area contributed by atoms with Gasteiger partial charge in [0.2, 0.25) is 5.65 Å². The normalized spacial score (nSPS) is 16.6. The van der Waals surface area contributed by atoms with E-state index in [2.05, 4.69) is 15.4 Å². The number of fused-ring (bicyclic) bond motifs is 2. The molecule has 2 aromatic heterocycles. The highest BCUT2D eigenvalue weighted by atomic mass is 16.6. The summed E-state index contributed by atoms with van der Waals surface area (Å²) in [7, 11) is 0. The number of nitrogens with one attached hydrogen (secondary N) is 1. The first-order chi connectivity index (χ1) is 11.2. The molecule has 0 aliphatic carbocycles. The molecule has 1 aromatic carbocycles. The third-order valence-corrected chi connectivity index (χ3v) is 3.81. The minimum absolute atomic E-state index is 0.0486. The van der Waals surface area contributed by atoms with Crippen LogP contribution in [0.15, 0.2) is 42.6 Å². The smallest absolute Gasteiger partial charge is 0.368 e. The molecule has 0 spiro atoms. The highest BCUT2D eigenvalue weighted by Crippen LogP contribution is 2.33. The second-order valence-electron chi connectivity index (χ2n) is 5.23. The number of para-hydroxylation sites is 1. The van der Waals surface area contributed by atoms with E-state index in [9.17, 15) is 10.1 Å². The molecule has 23 heavy (non-hydrogen) atoms. The molecule has 3 heterocycles. The number of hydrogen-bond acceptors (Lipinski definition) is 6. The number of aromatic nitrogens is 3. The topological polar surface area (TPSA) is 94.6 Å². The largest absolute Gasteiger partial charge is 0.493 e. The maximum Gasteiger partial charge on any atom is 0.368 e. The number of hydrogen-bond donors (Lipinski definition) is 1. The fraction of sp³-hybridized carbons (Fsp3) is 0.200. The fourth-order valence-corrected chi connectivity index (χ4v) is 2.73. The van der Waals surface area contributed by atoms with E-state index in [0.717, 1.165) is 17.7 Å². The molecule has 1 aliphatic rings. The molecule has 0 radical (unpaired) electrons. The van der Waals surface area contributed by atoms with Gasteiger partial charge in [0, 0.05) is 18.1 Å². The maximum absolute atomic E-state index is 11.0. The zero-order valence-corrected chi connectivity index (χ0v) is 12.0. The van der Waals surface area contributed by atoms with Gasteiger partial charge in [-0.05, 0) is 17.1 Å². The van der Waals surface area contributed by atoms with Crippen LogP contribution in [0, 0.1) is 10.1 Å². The Morgan fingerprint density at radius 2 is 2.17 bits per heavy atom. The summed E-state index contributed by atoms with van der Waals surface area (Å²) in [5.74, 6) is 1.25. The lowest BCUT2D eigenvalue weighted by Crippen LogP contribution is -2.21. The van der Waals surface area contributed by atoms with Gasteiger partial charge in [-0.1, -0.05) is 27.8 Å². The number of nitro groups is 1. The average molecular weight is 311 g/mol. The second-order valence-corrected chi connectivity index (χ2v) is 5.23. The molecular weight excluding hydrogens is 298 g/mol. The fourth-order valence-electron chi connectivity index (χ4n) is 2.73. The van der Waals surface area contributed by atoms with Crippen LogP contribution in [0.2, 0.25) is 0 Å². The summed E-state index contributed by atoms with van der Waals surface area (Å²) in [6, 6.07) is 11.3. The van der Waals surface area contributed by atoms with Gasteiger partial charge in [0.25, 0.3) is 0 Å². The van der Waals surface area contributed by atoms with Crippen molar-refractivity contribution >= 4 is 17.3 Å². The zero-order chi connectivity index (χ0) is 15.8. The number of benzene rings is 1. The highest BCUT2D eigenvalue weighted by Gasteiger charge is 2.22. The van der Waals surface area contributed by atoms with E-state index in [-0.39, 0.29) is 11.9 Å². The van der Waals surface area contributed by atoms with Gasteiger partial charge in [0.15, 0.2) is 5.82 Å². The molecular formula is C15H13N5O3. The number of anilines is 1. The Hall–Kier alpha value is -3.16. The SMILES string of the molecule is O=[N+]([O-])c1cnc2ccc(NC3CCOc4ccccc43)nn12. The summed E-state index contributed by atoms with van der Waals surface area (Å²) in [6.45, 7) is 0.613. The summed E-state index contributed by atoms with van der Waals surface area (Å²) in [5, 5.41) is 18.6. The second kappa shape index (κ2) is 5.24. The molecule has 8 heteroatoms. The van der Waals surface area contributed by atoms with Gasteiger partial charge in [-0.3, -0.25) is 0 Å². The summed E-state index contributed by atoms with van der Waals surface area (Å²) in [4.78, 5) is 14.5. The molecule has 0 amide bonds. The van der Waals surface area contributed by atoms with Gasteiger partial charge in [0.1, 0.15) is 11.9 Å². The van der Waals surface area contributed by atoms with E-state index in [1.165, 1.54) is 10.7 Å². The van der Waals surface area contributed by atoms with Crippen LogP contribution in [0.3, 0.4) is 0 Å². The van der Waals surface area contributed by atoms with Crippen molar-refractivity contribution in [2.24, 2.45) is 0 Å². The molecule has 1 N–H and O–H groups in total. The molecule has 1 atom stereocenters. The lowest BCUT2D eigenvalue weighted by molar-refractivity contribution is -0.391. The van der Waals surface area contributed by atoms with Crippen molar-refractivity contribution in [3.8, 4) is 5.75 Å². The van der Waals surface area contributed by atoms with Crippen LogP contribution in [0.5, 0.6) is 5.75 Å². The number of rotatable bonds is 3. The first-order valence-corrected chi connectivity index (χ1v) is 7.20. The van der Waals surface area contributed by atoms with E-state index in [1.54, 1.807) is 12.1 Å². The van der Waals surface area contributed by atoms with Gasteiger partial charge >= 0.3 is 5.82 Å². The minimum Gasteiger partial charge on any atom is -0.493 e. The quantitative estimate of drug-likeness (QED) is 0.590. The van der Waals surface area contributed by atoms with Gasteiger partial charge in [-0.2, -0.15) is 0 Å². The number of imidazole rings is 1. The first-order valence-electron chi connectivity index (χ1n) is 7.20. The lowest BCUT2D eigenvalue weighted by Gasteiger charge is -2.26. The molecule has 116 valence electrons. The van der Waals surface area contributed by atoms with Crippen molar-refractivity contribution in [2.75, 3.05) is 11.9 Å². The monoisotopic (exact) mass is 311 g/mol. The van der Waals surface area contributed by atoms with Crippen molar-refractivity contribution in [1.29, 1.82) is 0 Å². The van der Waals surface area contributed by atoms with Gasteiger partial charge < -0.3 is 20.2 Å². The third kappa shape index (κ3) is 2.33. The molecule has 0 bridgehead atoms. The Balaban J connectivity index is 1.68. The molecule has 1 aliphatic heterocycles. The highest BCUT2D eigenvalue weighted by molar-refractivity contribution is 5.50. The summed E-state index contributed by atoms with van der Waals surface area (Å²) >= 11 is 0. The molecule has 4 rings (SSSR count). The van der Waals surface area contributed by atoms with Crippen molar-refractivity contribution in [2.45, 2.75) is 12.5 Å². The molecule has 0 saturated heterocycles. The summed E-state index contributed by atoms with van der Waals surface area (Å²) < 4.78 is 6.86. The van der Waals surface area contributed by atoms with E-state index in [4.69, 9.17) is 4.74 Å². The zero-order valence-electron chi connectivity index (χ0n) is 12.0. The van der Waals surface area contributed by atoms with Crippen LogP contribution in [0.25, 0.3) is 5.65 Å². The molecule has 3 aromatic rings. The predicted molar refractivity (Wildman–Crippen MR) is 82.6 cm³/mol. The van der Waals surface area contributed by atoms with Crippen LogP contribution >= 0.6 is 0 Å². The van der Waals surface area contributed by atoms with Crippen LogP contribution in [-0.2, 0) is 0 Å². The first kappa shape index (κ1) is 13.5. The number of nitrogens with zero attached hydrogens (tertiary/aromatic N) is 4. The minimum atomic E-state index is -0.499. The standard InChI is InChI=1S/C15H13N5O3/c21-20(22)15-9-16-14-6-5-13(18-19(14)15)17-11-7-8-23-12-4-2-1-3-10(11)12/h1-6,9,11H,7-8H2,(H,17,18). The lowest BCUT2D eigenvalue weighted by atomic mass is 10.0. The van der Waals surface area contributed by atoms with E-state index < -0.39 is 4.92 Å². The van der Waals surface area contributed by atoms with E-state index in [1.807, 2.05) is 24.3 Å². The van der Waals surface area contributed by atoms with Crippen LogP contribution in [-0.4, -0.2) is 26.1 Å². The summed E-state index contributed by atoms with van der Waals surface area (Å²) in [5.41, 5.74) is 1.50. The Labute approximate surface area is 130 Å². The molecule has 8 nitrogen and oxygen atoms in total. The van der Waals surface area contributed by atoms with Gasteiger partial charge in [0.05, 0.1) is 12.6 Å². The van der Waals surface area contributed by atoms with Crippen LogP contribution < -0.4 is 10.1 Å². The Bertz CT molecular complexity index is 892.